The lowest BCUT2D eigenvalue weighted by Crippen LogP contribution is -2.35. The Labute approximate surface area is 86.8 Å². The summed E-state index contributed by atoms with van der Waals surface area (Å²) >= 11 is 0. The lowest BCUT2D eigenvalue weighted by Gasteiger charge is -2.41. The Morgan fingerprint density at radius 3 is 2.71 bits per heavy atom. The van der Waals surface area contributed by atoms with Crippen LogP contribution in [0.25, 0.3) is 0 Å². The van der Waals surface area contributed by atoms with Crippen LogP contribution in [0.4, 0.5) is 0 Å². The molecule has 3 heteroatoms. The largest absolute Gasteiger partial charge is 0.352 e. The van der Waals surface area contributed by atoms with Crippen molar-refractivity contribution in [2.45, 2.75) is 31.9 Å². The molecule has 3 rings (SSSR count). The van der Waals surface area contributed by atoms with Crippen molar-refractivity contribution >= 4 is 7.85 Å². The van der Waals surface area contributed by atoms with E-state index in [4.69, 9.17) is 17.3 Å². The van der Waals surface area contributed by atoms with Gasteiger partial charge < -0.3 is 9.47 Å². The molecule has 1 aliphatic carbocycles. The molecule has 5 unspecified atom stereocenters. The Hall–Kier alpha value is -0.0151. The van der Waals surface area contributed by atoms with Crippen LogP contribution >= 0.6 is 0 Å². The first-order valence-corrected chi connectivity index (χ1v) is 5.66. The van der Waals surface area contributed by atoms with Crippen molar-refractivity contribution in [2.24, 2.45) is 23.7 Å². The number of hydrogen-bond acceptors (Lipinski definition) is 2. The van der Waals surface area contributed by atoms with Crippen molar-refractivity contribution in [3.63, 3.8) is 0 Å². The molecule has 2 saturated heterocycles. The van der Waals surface area contributed by atoms with Crippen molar-refractivity contribution in [1.29, 1.82) is 0 Å². The van der Waals surface area contributed by atoms with E-state index in [1.54, 1.807) is 0 Å². The highest BCUT2D eigenvalue weighted by Gasteiger charge is 2.60. The molecule has 3 fully saturated rings. The molecular weight excluding hydrogens is 175 g/mol. The molecule has 2 radical (unpaired) electrons. The highest BCUT2D eigenvalue weighted by atomic mass is 16.7. The second kappa shape index (κ2) is 2.76. The van der Waals surface area contributed by atoms with Crippen LogP contribution in [0, 0.1) is 23.7 Å². The van der Waals surface area contributed by atoms with Crippen molar-refractivity contribution in [3.8, 4) is 0 Å². The van der Waals surface area contributed by atoms with Gasteiger partial charge in [-0.2, -0.15) is 0 Å². The molecule has 5 atom stereocenters. The summed E-state index contributed by atoms with van der Waals surface area (Å²) in [5, 5.41) is -0.0457. The van der Waals surface area contributed by atoms with Gasteiger partial charge in [0.1, 0.15) is 0 Å². The zero-order valence-corrected chi connectivity index (χ0v) is 8.90. The topological polar surface area (TPSA) is 18.5 Å². The van der Waals surface area contributed by atoms with Gasteiger partial charge in [0, 0.05) is 5.92 Å². The zero-order valence-electron chi connectivity index (χ0n) is 8.90. The predicted molar refractivity (Wildman–Crippen MR) is 54.1 cm³/mol. The Kier molecular flexibility index (Phi) is 1.82. The molecule has 3 aliphatic rings. The number of fused-ring (bicyclic) bond motifs is 1. The monoisotopic (exact) mass is 192 g/mol. The molecule has 1 saturated carbocycles. The van der Waals surface area contributed by atoms with E-state index in [-0.39, 0.29) is 11.6 Å². The summed E-state index contributed by atoms with van der Waals surface area (Å²) in [6.45, 7) is 6.06. The van der Waals surface area contributed by atoms with E-state index in [2.05, 4.69) is 13.8 Å². The van der Waals surface area contributed by atoms with Crippen LogP contribution in [0.15, 0.2) is 0 Å². The first-order valence-electron chi connectivity index (χ1n) is 5.66. The average Bonchev–Trinajstić information content (AvgIpc) is 2.65. The summed E-state index contributed by atoms with van der Waals surface area (Å²) in [5.74, 6) is 2.17. The van der Waals surface area contributed by atoms with E-state index < -0.39 is 0 Å². The van der Waals surface area contributed by atoms with Crippen LogP contribution in [0.2, 0.25) is 5.31 Å². The molecule has 14 heavy (non-hydrogen) atoms. The van der Waals surface area contributed by atoms with Gasteiger partial charge in [0.25, 0.3) is 0 Å². The van der Waals surface area contributed by atoms with E-state index in [9.17, 15) is 0 Å². The highest BCUT2D eigenvalue weighted by Crippen LogP contribution is 2.64. The van der Waals surface area contributed by atoms with Crippen molar-refractivity contribution in [1.82, 2.24) is 0 Å². The maximum absolute atomic E-state index is 6.61. The Morgan fingerprint density at radius 2 is 2.00 bits per heavy atom. The van der Waals surface area contributed by atoms with Crippen molar-refractivity contribution in [3.05, 3.63) is 0 Å². The minimum Gasteiger partial charge on any atom is -0.352 e. The third-order valence-electron chi connectivity index (χ3n) is 4.67. The van der Waals surface area contributed by atoms with E-state index >= 15 is 0 Å². The van der Waals surface area contributed by atoms with Gasteiger partial charge in [-0.3, -0.25) is 0 Å². The van der Waals surface area contributed by atoms with E-state index in [0.717, 1.165) is 13.2 Å². The number of hydrogen-bond donors (Lipinski definition) is 0. The van der Waals surface area contributed by atoms with Crippen LogP contribution in [0.5, 0.6) is 0 Å². The zero-order chi connectivity index (χ0) is 9.92. The van der Waals surface area contributed by atoms with E-state index in [1.165, 1.54) is 6.42 Å². The van der Waals surface area contributed by atoms with Crippen LogP contribution in [-0.4, -0.2) is 27.4 Å². The molecule has 2 aliphatic heterocycles. The van der Waals surface area contributed by atoms with Gasteiger partial charge in [-0.15, -0.1) is 0 Å². The minimum atomic E-state index is -0.0457. The lowest BCUT2D eigenvalue weighted by molar-refractivity contribution is -0.165. The normalized spacial score (nSPS) is 55.6. The summed E-state index contributed by atoms with van der Waals surface area (Å²) in [6, 6.07) is 0. The molecule has 76 valence electrons. The summed E-state index contributed by atoms with van der Waals surface area (Å²) < 4.78 is 11.3. The molecule has 2 nitrogen and oxygen atoms in total. The maximum atomic E-state index is 6.61. The van der Waals surface area contributed by atoms with E-state index in [0.29, 0.717) is 23.7 Å². The van der Waals surface area contributed by atoms with Gasteiger partial charge in [-0.25, -0.2) is 0 Å². The molecule has 0 aromatic rings. The van der Waals surface area contributed by atoms with Crippen LogP contribution in [0.1, 0.15) is 20.3 Å². The third kappa shape index (κ3) is 0.905. The van der Waals surface area contributed by atoms with Gasteiger partial charge in [0.05, 0.1) is 21.1 Å². The molecule has 2 bridgehead atoms. The fraction of sp³-hybridized carbons (Fsp3) is 1.00. The third-order valence-corrected chi connectivity index (χ3v) is 4.67. The molecule has 0 N–H and O–H groups in total. The molecule has 0 amide bonds. The Morgan fingerprint density at radius 1 is 1.29 bits per heavy atom. The predicted octanol–water partition coefficient (Wildman–Crippen LogP) is 1.61. The van der Waals surface area contributed by atoms with Gasteiger partial charge in [0.15, 0.2) is 6.29 Å². The van der Waals surface area contributed by atoms with Gasteiger partial charge >= 0.3 is 0 Å². The van der Waals surface area contributed by atoms with Crippen molar-refractivity contribution in [2.75, 3.05) is 13.2 Å². The SMILES string of the molecule is [B]C1(C(C)C)C2COC3OCC1C3C2. The van der Waals surface area contributed by atoms with Crippen molar-refractivity contribution < 1.29 is 9.47 Å². The Balaban J connectivity index is 1.99. The average molecular weight is 192 g/mol. The Bertz CT molecular complexity index is 256. The first-order chi connectivity index (χ1) is 6.64. The highest BCUT2D eigenvalue weighted by molar-refractivity contribution is 6.16. The standard InChI is InChI=1S/C11H17BO2/c1-6(2)11(12)7-3-8-9(11)5-14-10(8)13-4-7/h6-10H,3-5H2,1-2H3. The molecular formula is C11H17BO2. The second-order valence-corrected chi connectivity index (χ2v) is 5.39. The minimum absolute atomic E-state index is 0.0457. The van der Waals surface area contributed by atoms with Gasteiger partial charge in [0.2, 0.25) is 0 Å². The fourth-order valence-electron chi connectivity index (χ4n) is 3.76. The summed E-state index contributed by atoms with van der Waals surface area (Å²) in [5.41, 5.74) is 0. The summed E-state index contributed by atoms with van der Waals surface area (Å²) in [4.78, 5) is 0. The lowest BCUT2D eigenvalue weighted by atomic mass is 9.52. The maximum Gasteiger partial charge on any atom is 0.160 e. The van der Waals surface area contributed by atoms with Crippen LogP contribution in [-0.2, 0) is 9.47 Å². The molecule has 0 aromatic heterocycles. The summed E-state index contributed by atoms with van der Waals surface area (Å²) in [6.07, 6.45) is 1.27. The van der Waals surface area contributed by atoms with Gasteiger partial charge in [-0.1, -0.05) is 19.2 Å². The molecule has 0 spiro atoms. The summed E-state index contributed by atoms with van der Waals surface area (Å²) in [7, 11) is 6.61. The van der Waals surface area contributed by atoms with Crippen LogP contribution in [0.3, 0.4) is 0 Å². The smallest absolute Gasteiger partial charge is 0.160 e. The molecule has 2 heterocycles. The quantitative estimate of drug-likeness (QED) is 0.587. The first kappa shape index (κ1) is 9.23. The number of ether oxygens (including phenoxy) is 2. The van der Waals surface area contributed by atoms with E-state index in [1.807, 2.05) is 0 Å². The fourth-order valence-corrected chi connectivity index (χ4v) is 3.76. The van der Waals surface area contributed by atoms with Crippen LogP contribution < -0.4 is 0 Å². The number of rotatable bonds is 1. The second-order valence-electron chi connectivity index (χ2n) is 5.39. The van der Waals surface area contributed by atoms with Gasteiger partial charge in [-0.05, 0) is 24.2 Å². The molecule has 0 aromatic carbocycles.